The van der Waals surface area contributed by atoms with Crippen LogP contribution in [0.15, 0.2) is 36.0 Å². The third-order valence-corrected chi connectivity index (χ3v) is 3.80. The van der Waals surface area contributed by atoms with Crippen molar-refractivity contribution in [3.05, 3.63) is 41.6 Å². The lowest BCUT2D eigenvalue weighted by molar-refractivity contribution is -0.132. The van der Waals surface area contributed by atoms with Crippen LogP contribution in [0, 0.1) is 0 Å². The summed E-state index contributed by atoms with van der Waals surface area (Å²) in [5, 5.41) is 9.26. The molecule has 0 saturated carbocycles. The molecule has 0 unspecified atom stereocenters. The number of ether oxygens (including phenoxy) is 1. The first-order valence-corrected chi connectivity index (χ1v) is 6.63. The second-order valence-electron chi connectivity index (χ2n) is 5.02. The number of rotatable bonds is 2. The molecule has 0 aromatic heterocycles. The minimum atomic E-state index is -0.827. The van der Waals surface area contributed by atoms with Crippen LogP contribution in [0.5, 0.6) is 0 Å². The summed E-state index contributed by atoms with van der Waals surface area (Å²) in [6.07, 6.45) is 4.20. The van der Waals surface area contributed by atoms with E-state index in [2.05, 4.69) is 11.0 Å². The smallest absolute Gasteiger partial charge is 0.333 e. The van der Waals surface area contributed by atoms with Crippen LogP contribution >= 0.6 is 0 Å². The first-order valence-electron chi connectivity index (χ1n) is 6.63. The van der Waals surface area contributed by atoms with Gasteiger partial charge in [-0.2, -0.15) is 0 Å². The van der Waals surface area contributed by atoms with Gasteiger partial charge in [0.25, 0.3) is 0 Å². The molecule has 0 spiro atoms. The number of carboxylic acids is 1. The van der Waals surface area contributed by atoms with Crippen molar-refractivity contribution < 1.29 is 14.6 Å². The van der Waals surface area contributed by atoms with E-state index in [1.165, 1.54) is 0 Å². The summed E-state index contributed by atoms with van der Waals surface area (Å²) in [5.41, 5.74) is 2.69. The Morgan fingerprint density at radius 3 is 2.74 bits per heavy atom. The van der Waals surface area contributed by atoms with Gasteiger partial charge in [0.1, 0.15) is 0 Å². The molecule has 1 aromatic rings. The van der Waals surface area contributed by atoms with E-state index in [0.29, 0.717) is 18.0 Å². The normalized spacial score (nSPS) is 19.8. The van der Waals surface area contributed by atoms with Gasteiger partial charge in [0.2, 0.25) is 0 Å². The molecule has 1 aromatic carbocycles. The number of hydrogen-bond donors (Lipinski definition) is 1. The molecule has 1 N–H and O–H groups in total. The zero-order valence-electron chi connectivity index (χ0n) is 10.7. The fourth-order valence-electron chi connectivity index (χ4n) is 2.80. The fraction of sp³-hybridized carbons (Fsp3) is 0.400. The molecule has 0 amide bonds. The van der Waals surface area contributed by atoms with Gasteiger partial charge < -0.3 is 14.7 Å². The Labute approximate surface area is 112 Å². The first kappa shape index (κ1) is 12.2. The third kappa shape index (κ3) is 2.36. The molecule has 4 nitrogen and oxygen atoms in total. The second-order valence-corrected chi connectivity index (χ2v) is 5.02. The van der Waals surface area contributed by atoms with Crippen LogP contribution in [0.4, 0.5) is 5.69 Å². The van der Waals surface area contributed by atoms with E-state index in [1.807, 2.05) is 18.2 Å². The summed E-state index contributed by atoms with van der Waals surface area (Å²) in [5.74, 6) is -0.827. The molecule has 2 aliphatic heterocycles. The van der Waals surface area contributed by atoms with Gasteiger partial charge in [-0.05, 0) is 24.5 Å². The first-order chi connectivity index (χ1) is 9.25. The number of fused-ring (bicyclic) bond motifs is 1. The van der Waals surface area contributed by atoms with E-state index in [4.69, 9.17) is 4.74 Å². The standard InChI is InChI=1S/C15H17NO3/c17-15(18)12-9-11-3-1-2-4-14(11)16(10-12)13-5-7-19-8-6-13/h1-4,10,13H,5-9H2,(H,17,18). The van der Waals surface area contributed by atoms with Crippen molar-refractivity contribution >= 4 is 11.7 Å². The number of anilines is 1. The predicted molar refractivity (Wildman–Crippen MR) is 72.2 cm³/mol. The molecule has 4 heteroatoms. The molecule has 0 radical (unpaired) electrons. The fourth-order valence-corrected chi connectivity index (χ4v) is 2.80. The van der Waals surface area contributed by atoms with Gasteiger partial charge >= 0.3 is 5.97 Å². The van der Waals surface area contributed by atoms with E-state index in [9.17, 15) is 9.90 Å². The van der Waals surface area contributed by atoms with E-state index in [0.717, 1.165) is 37.3 Å². The number of benzene rings is 1. The maximum Gasteiger partial charge on any atom is 0.333 e. The maximum atomic E-state index is 11.3. The van der Waals surface area contributed by atoms with Gasteiger partial charge in [-0.3, -0.25) is 0 Å². The second kappa shape index (κ2) is 5.05. The topological polar surface area (TPSA) is 49.8 Å². The number of aliphatic carboxylic acids is 1. The molecule has 100 valence electrons. The summed E-state index contributed by atoms with van der Waals surface area (Å²) in [6.45, 7) is 1.50. The van der Waals surface area contributed by atoms with Gasteiger partial charge in [0, 0.05) is 37.6 Å². The van der Waals surface area contributed by atoms with Crippen LogP contribution in [-0.2, 0) is 16.0 Å². The summed E-state index contributed by atoms with van der Waals surface area (Å²) < 4.78 is 5.39. The predicted octanol–water partition coefficient (Wildman–Crippen LogP) is 2.20. The molecular weight excluding hydrogens is 242 g/mol. The van der Waals surface area contributed by atoms with Crippen LogP contribution in [0.1, 0.15) is 18.4 Å². The van der Waals surface area contributed by atoms with Gasteiger partial charge in [0.15, 0.2) is 0 Å². The highest BCUT2D eigenvalue weighted by atomic mass is 16.5. The average molecular weight is 259 g/mol. The number of carboxylic acid groups (broad SMARTS) is 1. The summed E-state index contributed by atoms with van der Waals surface area (Å²) in [6, 6.07) is 8.39. The number of nitrogens with zero attached hydrogens (tertiary/aromatic N) is 1. The van der Waals surface area contributed by atoms with Crippen LogP contribution in [-0.4, -0.2) is 30.3 Å². The van der Waals surface area contributed by atoms with Gasteiger partial charge in [-0.15, -0.1) is 0 Å². The molecule has 2 heterocycles. The highest BCUT2D eigenvalue weighted by Crippen LogP contribution is 2.32. The lowest BCUT2D eigenvalue weighted by atomic mass is 9.96. The molecule has 0 aliphatic carbocycles. The Morgan fingerprint density at radius 1 is 1.26 bits per heavy atom. The van der Waals surface area contributed by atoms with Crippen LogP contribution in [0.25, 0.3) is 0 Å². The van der Waals surface area contributed by atoms with Gasteiger partial charge in [-0.1, -0.05) is 18.2 Å². The number of para-hydroxylation sites is 1. The highest BCUT2D eigenvalue weighted by molar-refractivity contribution is 5.89. The Balaban J connectivity index is 1.97. The molecule has 0 bridgehead atoms. The Bertz CT molecular complexity index is 518. The van der Waals surface area contributed by atoms with Gasteiger partial charge in [-0.25, -0.2) is 4.79 Å². The van der Waals surface area contributed by atoms with Crippen LogP contribution < -0.4 is 4.90 Å². The van der Waals surface area contributed by atoms with Crippen molar-refractivity contribution in [1.82, 2.24) is 0 Å². The SMILES string of the molecule is O=C(O)C1=CN(C2CCOCC2)c2ccccc2C1. The largest absolute Gasteiger partial charge is 0.478 e. The van der Waals surface area contributed by atoms with Crippen molar-refractivity contribution in [2.75, 3.05) is 18.1 Å². The molecule has 1 fully saturated rings. The average Bonchev–Trinajstić information content (AvgIpc) is 2.47. The zero-order valence-corrected chi connectivity index (χ0v) is 10.7. The van der Waals surface area contributed by atoms with E-state index in [1.54, 1.807) is 6.20 Å². The molecule has 2 aliphatic rings. The monoisotopic (exact) mass is 259 g/mol. The van der Waals surface area contributed by atoms with E-state index >= 15 is 0 Å². The third-order valence-electron chi connectivity index (χ3n) is 3.80. The zero-order chi connectivity index (χ0) is 13.2. The van der Waals surface area contributed by atoms with Crippen molar-refractivity contribution in [2.24, 2.45) is 0 Å². The Kier molecular flexibility index (Phi) is 3.25. The van der Waals surface area contributed by atoms with Gasteiger partial charge in [0.05, 0.1) is 5.57 Å². The lowest BCUT2D eigenvalue weighted by Gasteiger charge is -2.37. The number of hydrogen-bond acceptors (Lipinski definition) is 3. The minimum absolute atomic E-state index is 0.338. The summed E-state index contributed by atoms with van der Waals surface area (Å²) >= 11 is 0. The Hall–Kier alpha value is -1.81. The van der Waals surface area contributed by atoms with Crippen LogP contribution in [0.3, 0.4) is 0 Å². The van der Waals surface area contributed by atoms with E-state index in [-0.39, 0.29) is 0 Å². The van der Waals surface area contributed by atoms with Crippen molar-refractivity contribution in [2.45, 2.75) is 25.3 Å². The quantitative estimate of drug-likeness (QED) is 0.884. The van der Waals surface area contributed by atoms with Crippen molar-refractivity contribution in [3.63, 3.8) is 0 Å². The summed E-state index contributed by atoms with van der Waals surface area (Å²) in [4.78, 5) is 13.4. The van der Waals surface area contributed by atoms with E-state index < -0.39 is 5.97 Å². The van der Waals surface area contributed by atoms with Crippen LogP contribution in [0.2, 0.25) is 0 Å². The highest BCUT2D eigenvalue weighted by Gasteiger charge is 2.27. The number of carbonyl (C=O) groups is 1. The Morgan fingerprint density at radius 2 is 2.00 bits per heavy atom. The molecule has 1 saturated heterocycles. The lowest BCUT2D eigenvalue weighted by Crippen LogP contribution is -2.38. The minimum Gasteiger partial charge on any atom is -0.478 e. The summed E-state index contributed by atoms with van der Waals surface area (Å²) in [7, 11) is 0. The molecule has 19 heavy (non-hydrogen) atoms. The maximum absolute atomic E-state index is 11.3. The molecular formula is C15H17NO3. The van der Waals surface area contributed by atoms with Crippen molar-refractivity contribution in [1.29, 1.82) is 0 Å². The van der Waals surface area contributed by atoms with Crippen molar-refractivity contribution in [3.8, 4) is 0 Å². The molecule has 0 atom stereocenters. The molecule has 3 rings (SSSR count).